The molecule has 0 spiro atoms. The highest BCUT2D eigenvalue weighted by molar-refractivity contribution is 6.18. The molecule has 0 fully saturated rings. The molecule has 0 aliphatic carbocycles. The fraction of sp³-hybridized carbons (Fsp3) is 0.667. The number of imide groups is 1. The molecule has 1 atom stereocenters. The van der Waals surface area contributed by atoms with Gasteiger partial charge in [-0.2, -0.15) is 0 Å². The van der Waals surface area contributed by atoms with Crippen molar-refractivity contribution in [1.82, 2.24) is 4.90 Å². The highest BCUT2D eigenvalue weighted by Gasteiger charge is 2.37. The molecule has 90 valence electrons. The lowest BCUT2D eigenvalue weighted by molar-refractivity contribution is -0.140. The Morgan fingerprint density at radius 1 is 1.19 bits per heavy atom. The van der Waals surface area contributed by atoms with Crippen LogP contribution < -0.4 is 5.73 Å². The summed E-state index contributed by atoms with van der Waals surface area (Å²) in [5.74, 6) is -0.344. The van der Waals surface area contributed by atoms with Gasteiger partial charge in [-0.05, 0) is 20.3 Å². The predicted molar refractivity (Wildman–Crippen MR) is 62.6 cm³/mol. The highest BCUT2D eigenvalue weighted by Crippen LogP contribution is 2.23. The van der Waals surface area contributed by atoms with E-state index in [-0.39, 0.29) is 17.9 Å². The van der Waals surface area contributed by atoms with Gasteiger partial charge in [-0.25, -0.2) is 0 Å². The van der Waals surface area contributed by atoms with Crippen LogP contribution in [0.25, 0.3) is 0 Å². The normalized spacial score (nSPS) is 18.6. The van der Waals surface area contributed by atoms with Gasteiger partial charge in [0, 0.05) is 17.7 Å². The predicted octanol–water partition coefficient (Wildman–Crippen LogP) is 1.21. The Balaban J connectivity index is 2.81. The fourth-order valence-electron chi connectivity index (χ4n) is 1.90. The summed E-state index contributed by atoms with van der Waals surface area (Å²) in [5, 5.41) is 0. The van der Waals surface area contributed by atoms with Crippen molar-refractivity contribution >= 4 is 11.8 Å². The Labute approximate surface area is 96.5 Å². The SMILES string of the molecule is CCCCC(CN)N1C(=O)C(C)=C(C)C1=O. The lowest BCUT2D eigenvalue weighted by Gasteiger charge is -2.25. The molecule has 2 amide bonds. The van der Waals surface area contributed by atoms with E-state index < -0.39 is 0 Å². The second kappa shape index (κ2) is 5.25. The molecule has 2 N–H and O–H groups in total. The third-order valence-corrected chi connectivity index (χ3v) is 3.17. The van der Waals surface area contributed by atoms with Crippen LogP contribution in [0.2, 0.25) is 0 Å². The lowest BCUT2D eigenvalue weighted by atomic mass is 10.1. The Kier molecular flexibility index (Phi) is 4.24. The first-order valence-electron chi connectivity index (χ1n) is 5.80. The van der Waals surface area contributed by atoms with Crippen molar-refractivity contribution in [1.29, 1.82) is 0 Å². The summed E-state index contributed by atoms with van der Waals surface area (Å²) in [6.45, 7) is 5.82. The maximum Gasteiger partial charge on any atom is 0.257 e. The number of nitrogens with zero attached hydrogens (tertiary/aromatic N) is 1. The summed E-state index contributed by atoms with van der Waals surface area (Å²) in [6.07, 6.45) is 2.82. The molecule has 1 heterocycles. The molecule has 16 heavy (non-hydrogen) atoms. The zero-order chi connectivity index (χ0) is 12.3. The standard InChI is InChI=1S/C12H20N2O2/c1-4-5-6-10(7-13)14-11(15)8(2)9(3)12(14)16/h10H,4-7,13H2,1-3H3. The van der Waals surface area contributed by atoms with Crippen LogP contribution in [-0.4, -0.2) is 29.3 Å². The van der Waals surface area contributed by atoms with Gasteiger partial charge in [0.05, 0.1) is 6.04 Å². The first kappa shape index (κ1) is 12.9. The van der Waals surface area contributed by atoms with Gasteiger partial charge in [0.15, 0.2) is 0 Å². The molecule has 0 radical (unpaired) electrons. The molecule has 1 unspecified atom stereocenters. The van der Waals surface area contributed by atoms with Crippen molar-refractivity contribution in [2.24, 2.45) is 5.73 Å². The molecule has 1 aliphatic heterocycles. The first-order chi connectivity index (χ1) is 7.54. The molecule has 4 heteroatoms. The quantitative estimate of drug-likeness (QED) is 0.714. The third-order valence-electron chi connectivity index (χ3n) is 3.17. The van der Waals surface area contributed by atoms with Gasteiger partial charge in [-0.1, -0.05) is 19.8 Å². The van der Waals surface area contributed by atoms with Gasteiger partial charge in [0.25, 0.3) is 11.8 Å². The number of carbonyl (C=O) groups excluding carboxylic acids is 2. The van der Waals surface area contributed by atoms with E-state index in [0.29, 0.717) is 17.7 Å². The summed E-state index contributed by atoms with van der Waals surface area (Å²) < 4.78 is 0. The minimum absolute atomic E-state index is 0.146. The Morgan fingerprint density at radius 3 is 2.06 bits per heavy atom. The van der Waals surface area contributed by atoms with Crippen LogP contribution in [0.4, 0.5) is 0 Å². The molecule has 4 nitrogen and oxygen atoms in total. The number of hydrogen-bond donors (Lipinski definition) is 1. The number of rotatable bonds is 5. The van der Waals surface area contributed by atoms with E-state index in [1.165, 1.54) is 4.90 Å². The summed E-state index contributed by atoms with van der Waals surface area (Å²) >= 11 is 0. The molecule has 0 saturated heterocycles. The van der Waals surface area contributed by atoms with E-state index in [4.69, 9.17) is 5.73 Å². The van der Waals surface area contributed by atoms with E-state index >= 15 is 0 Å². The van der Waals surface area contributed by atoms with Gasteiger partial charge in [0.2, 0.25) is 0 Å². The van der Waals surface area contributed by atoms with E-state index in [1.54, 1.807) is 13.8 Å². The number of hydrogen-bond acceptors (Lipinski definition) is 3. The van der Waals surface area contributed by atoms with Crippen molar-refractivity contribution in [3.05, 3.63) is 11.1 Å². The third kappa shape index (κ3) is 2.16. The highest BCUT2D eigenvalue weighted by atomic mass is 16.2. The van der Waals surface area contributed by atoms with Crippen LogP contribution in [-0.2, 0) is 9.59 Å². The largest absolute Gasteiger partial charge is 0.328 e. The van der Waals surface area contributed by atoms with E-state index in [0.717, 1.165) is 19.3 Å². The topological polar surface area (TPSA) is 63.4 Å². The molecule has 0 aromatic rings. The Morgan fingerprint density at radius 2 is 1.69 bits per heavy atom. The minimum Gasteiger partial charge on any atom is -0.328 e. The molecule has 0 saturated carbocycles. The molecule has 0 aromatic carbocycles. The van der Waals surface area contributed by atoms with Crippen molar-refractivity contribution in [3.63, 3.8) is 0 Å². The van der Waals surface area contributed by atoms with E-state index in [2.05, 4.69) is 6.92 Å². The lowest BCUT2D eigenvalue weighted by Crippen LogP contribution is -2.45. The molecule has 1 aliphatic rings. The molecule has 1 rings (SSSR count). The van der Waals surface area contributed by atoms with Crippen molar-refractivity contribution < 1.29 is 9.59 Å². The zero-order valence-corrected chi connectivity index (χ0v) is 10.2. The van der Waals surface area contributed by atoms with Crippen LogP contribution in [0.3, 0.4) is 0 Å². The van der Waals surface area contributed by atoms with Crippen molar-refractivity contribution in [3.8, 4) is 0 Å². The smallest absolute Gasteiger partial charge is 0.257 e. The average molecular weight is 224 g/mol. The number of unbranched alkanes of at least 4 members (excludes halogenated alkanes) is 1. The van der Waals surface area contributed by atoms with Crippen LogP contribution in [0.1, 0.15) is 40.0 Å². The van der Waals surface area contributed by atoms with Gasteiger partial charge in [-0.3, -0.25) is 14.5 Å². The van der Waals surface area contributed by atoms with E-state index in [9.17, 15) is 9.59 Å². The van der Waals surface area contributed by atoms with Gasteiger partial charge < -0.3 is 5.73 Å². The van der Waals surface area contributed by atoms with Crippen LogP contribution >= 0.6 is 0 Å². The molecule has 0 aromatic heterocycles. The molecular weight excluding hydrogens is 204 g/mol. The van der Waals surface area contributed by atoms with Gasteiger partial charge >= 0.3 is 0 Å². The van der Waals surface area contributed by atoms with Crippen molar-refractivity contribution in [2.75, 3.05) is 6.54 Å². The Bertz CT molecular complexity index is 310. The summed E-state index contributed by atoms with van der Waals surface area (Å²) in [4.78, 5) is 25.1. The number of amides is 2. The number of nitrogens with two attached hydrogens (primary N) is 1. The van der Waals surface area contributed by atoms with Gasteiger partial charge in [0.1, 0.15) is 0 Å². The second-order valence-electron chi connectivity index (χ2n) is 4.26. The first-order valence-corrected chi connectivity index (χ1v) is 5.80. The summed E-state index contributed by atoms with van der Waals surface area (Å²) in [6, 6.07) is -0.146. The monoisotopic (exact) mass is 224 g/mol. The van der Waals surface area contributed by atoms with Gasteiger partial charge in [-0.15, -0.1) is 0 Å². The zero-order valence-electron chi connectivity index (χ0n) is 10.2. The molecule has 0 bridgehead atoms. The fourth-order valence-corrected chi connectivity index (χ4v) is 1.90. The van der Waals surface area contributed by atoms with Crippen LogP contribution in [0, 0.1) is 0 Å². The maximum atomic E-state index is 11.9. The molecular formula is C12H20N2O2. The Hall–Kier alpha value is -1.16. The average Bonchev–Trinajstić information content (AvgIpc) is 2.47. The number of carbonyl (C=O) groups is 2. The summed E-state index contributed by atoms with van der Waals surface area (Å²) in [5.41, 5.74) is 6.76. The van der Waals surface area contributed by atoms with E-state index in [1.807, 2.05) is 0 Å². The van der Waals surface area contributed by atoms with Crippen LogP contribution in [0.5, 0.6) is 0 Å². The second-order valence-corrected chi connectivity index (χ2v) is 4.26. The van der Waals surface area contributed by atoms with Crippen molar-refractivity contribution in [2.45, 2.75) is 46.1 Å². The minimum atomic E-state index is -0.172. The van der Waals surface area contributed by atoms with Crippen LogP contribution in [0.15, 0.2) is 11.1 Å². The maximum absolute atomic E-state index is 11.9. The summed E-state index contributed by atoms with van der Waals surface area (Å²) in [7, 11) is 0.